The first kappa shape index (κ1) is 15.9. The summed E-state index contributed by atoms with van der Waals surface area (Å²) in [4.78, 5) is 12.2. The maximum atomic E-state index is 12.2. The minimum absolute atomic E-state index is 0.0214. The van der Waals surface area contributed by atoms with Crippen LogP contribution < -0.4 is 0 Å². The van der Waals surface area contributed by atoms with Crippen LogP contribution in [-0.4, -0.2) is 17.7 Å². The van der Waals surface area contributed by atoms with Crippen LogP contribution in [0.5, 0.6) is 0 Å². The molecule has 0 amide bonds. The smallest absolute Gasteiger partial charge is 0.344 e. The number of hydrogen-bond acceptors (Lipinski definition) is 4. The highest BCUT2D eigenvalue weighted by molar-refractivity contribution is 6.39. The number of esters is 1. The van der Waals surface area contributed by atoms with Crippen LogP contribution in [0.2, 0.25) is 10.0 Å². The largest absolute Gasteiger partial charge is 0.462 e. The number of carbonyl (C=O) groups excluding carboxylic acids is 1. The number of rotatable bonds is 4. The summed E-state index contributed by atoms with van der Waals surface area (Å²) < 4.78 is 10.4. The Morgan fingerprint density at radius 3 is 2.48 bits per heavy atom. The molecule has 2 aromatic rings. The third-order valence-corrected chi connectivity index (χ3v) is 3.55. The third kappa shape index (κ3) is 3.06. The van der Waals surface area contributed by atoms with Gasteiger partial charge in [-0.3, -0.25) is 0 Å². The molecule has 1 aromatic heterocycles. The Labute approximate surface area is 133 Å². The van der Waals surface area contributed by atoms with E-state index in [1.54, 1.807) is 25.1 Å². The van der Waals surface area contributed by atoms with Gasteiger partial charge >= 0.3 is 5.97 Å². The molecular weight excluding hydrogens is 313 g/mol. The van der Waals surface area contributed by atoms with Crippen LogP contribution in [0.25, 0.3) is 11.3 Å². The molecule has 0 aliphatic rings. The van der Waals surface area contributed by atoms with Crippen LogP contribution in [0.15, 0.2) is 22.7 Å². The standard InChI is InChI=1S/C15H15Cl2NO3/c1-4-20-15(19)12-13(18-21-14(12)8(2)3)11-9(16)6-5-7-10(11)17/h5-8H,4H2,1-3H3. The SMILES string of the molecule is CCOC(=O)c1c(-c2c(Cl)cccc2Cl)noc1C(C)C. The number of carbonyl (C=O) groups is 1. The minimum atomic E-state index is -0.492. The predicted molar refractivity (Wildman–Crippen MR) is 82.0 cm³/mol. The first-order valence-corrected chi connectivity index (χ1v) is 7.34. The molecule has 0 atom stereocenters. The molecule has 0 radical (unpaired) electrons. The summed E-state index contributed by atoms with van der Waals surface area (Å²) in [5.41, 5.74) is 1.06. The van der Waals surface area contributed by atoms with Crippen LogP contribution >= 0.6 is 23.2 Å². The average molecular weight is 328 g/mol. The van der Waals surface area contributed by atoms with Crippen LogP contribution in [0, 0.1) is 0 Å². The number of halogens is 2. The Hall–Kier alpha value is -1.52. The Morgan fingerprint density at radius 1 is 1.33 bits per heavy atom. The fourth-order valence-corrected chi connectivity index (χ4v) is 2.57. The Balaban J connectivity index is 2.67. The summed E-state index contributed by atoms with van der Waals surface area (Å²) in [5.74, 6) is -0.0557. The molecule has 0 aliphatic heterocycles. The number of aromatic nitrogens is 1. The third-order valence-electron chi connectivity index (χ3n) is 2.92. The molecule has 6 heteroatoms. The van der Waals surface area contributed by atoms with E-state index in [0.29, 0.717) is 27.1 Å². The molecule has 0 aliphatic carbocycles. The molecule has 0 N–H and O–H groups in total. The van der Waals surface area contributed by atoms with E-state index in [9.17, 15) is 4.79 Å². The van der Waals surface area contributed by atoms with Gasteiger partial charge in [-0.15, -0.1) is 0 Å². The quantitative estimate of drug-likeness (QED) is 0.745. The summed E-state index contributed by atoms with van der Waals surface area (Å²) in [5, 5.41) is 4.79. The normalized spacial score (nSPS) is 11.0. The van der Waals surface area contributed by atoms with E-state index in [-0.39, 0.29) is 18.1 Å². The molecule has 0 spiro atoms. The highest BCUT2D eigenvalue weighted by Crippen LogP contribution is 2.38. The zero-order chi connectivity index (χ0) is 15.6. The maximum Gasteiger partial charge on any atom is 0.344 e. The first-order chi connectivity index (χ1) is 9.97. The monoisotopic (exact) mass is 327 g/mol. The van der Waals surface area contributed by atoms with Crippen LogP contribution in [-0.2, 0) is 4.74 Å². The molecule has 0 saturated carbocycles. The number of benzene rings is 1. The van der Waals surface area contributed by atoms with Crippen LogP contribution in [0.1, 0.15) is 42.8 Å². The van der Waals surface area contributed by atoms with Gasteiger partial charge in [0.1, 0.15) is 11.3 Å². The Morgan fingerprint density at radius 2 is 1.95 bits per heavy atom. The van der Waals surface area contributed by atoms with E-state index in [1.807, 2.05) is 13.8 Å². The van der Waals surface area contributed by atoms with Gasteiger partial charge < -0.3 is 9.26 Å². The van der Waals surface area contributed by atoms with Crippen molar-refractivity contribution in [3.63, 3.8) is 0 Å². The molecule has 112 valence electrons. The van der Waals surface area contributed by atoms with Crippen molar-refractivity contribution in [3.8, 4) is 11.3 Å². The first-order valence-electron chi connectivity index (χ1n) is 6.58. The Bertz CT molecular complexity index is 645. The second-order valence-corrected chi connectivity index (χ2v) is 5.56. The lowest BCUT2D eigenvalue weighted by Crippen LogP contribution is -2.08. The van der Waals surface area contributed by atoms with E-state index in [0.717, 1.165) is 0 Å². The van der Waals surface area contributed by atoms with Gasteiger partial charge in [0.25, 0.3) is 0 Å². The zero-order valence-electron chi connectivity index (χ0n) is 11.9. The molecule has 4 nitrogen and oxygen atoms in total. The highest BCUT2D eigenvalue weighted by atomic mass is 35.5. The lowest BCUT2D eigenvalue weighted by Gasteiger charge is -2.08. The van der Waals surface area contributed by atoms with E-state index in [2.05, 4.69) is 5.16 Å². The van der Waals surface area contributed by atoms with E-state index in [1.165, 1.54) is 0 Å². The van der Waals surface area contributed by atoms with Crippen molar-refractivity contribution in [1.29, 1.82) is 0 Å². The van der Waals surface area contributed by atoms with E-state index in [4.69, 9.17) is 32.5 Å². The fraction of sp³-hybridized carbons (Fsp3) is 0.333. The summed E-state index contributed by atoms with van der Waals surface area (Å²) >= 11 is 12.4. The van der Waals surface area contributed by atoms with Crippen LogP contribution in [0.3, 0.4) is 0 Å². The van der Waals surface area contributed by atoms with Crippen LogP contribution in [0.4, 0.5) is 0 Å². The summed E-state index contributed by atoms with van der Waals surface area (Å²) in [6.07, 6.45) is 0. The van der Waals surface area contributed by atoms with Crippen molar-refractivity contribution < 1.29 is 14.1 Å². The molecular formula is C15H15Cl2NO3. The summed E-state index contributed by atoms with van der Waals surface area (Å²) in [6, 6.07) is 5.09. The lowest BCUT2D eigenvalue weighted by atomic mass is 10.0. The maximum absolute atomic E-state index is 12.2. The molecule has 1 heterocycles. The van der Waals surface area contributed by atoms with Crippen molar-refractivity contribution in [3.05, 3.63) is 39.6 Å². The average Bonchev–Trinajstić information content (AvgIpc) is 2.83. The second kappa shape index (κ2) is 6.50. The number of hydrogen-bond donors (Lipinski definition) is 0. The van der Waals surface area contributed by atoms with Gasteiger partial charge in [-0.1, -0.05) is 48.3 Å². The molecule has 1 aromatic carbocycles. The van der Waals surface area contributed by atoms with Gasteiger partial charge in [-0.25, -0.2) is 4.79 Å². The molecule has 0 unspecified atom stereocenters. The number of nitrogens with zero attached hydrogens (tertiary/aromatic N) is 1. The Kier molecular flexibility index (Phi) is 4.91. The second-order valence-electron chi connectivity index (χ2n) is 4.74. The molecule has 0 fully saturated rings. The van der Waals surface area contributed by atoms with Crippen molar-refractivity contribution >= 4 is 29.2 Å². The molecule has 2 rings (SSSR count). The van der Waals surface area contributed by atoms with Gasteiger partial charge in [0.05, 0.1) is 16.7 Å². The highest BCUT2D eigenvalue weighted by Gasteiger charge is 2.28. The number of ether oxygens (including phenoxy) is 1. The van der Waals surface area contributed by atoms with Gasteiger partial charge in [0.2, 0.25) is 0 Å². The van der Waals surface area contributed by atoms with Gasteiger partial charge in [0.15, 0.2) is 5.76 Å². The zero-order valence-corrected chi connectivity index (χ0v) is 13.5. The van der Waals surface area contributed by atoms with Gasteiger partial charge in [0, 0.05) is 11.5 Å². The minimum Gasteiger partial charge on any atom is -0.462 e. The van der Waals surface area contributed by atoms with Gasteiger partial charge in [-0.05, 0) is 19.1 Å². The van der Waals surface area contributed by atoms with E-state index < -0.39 is 5.97 Å². The van der Waals surface area contributed by atoms with Crippen molar-refractivity contribution in [2.24, 2.45) is 0 Å². The topological polar surface area (TPSA) is 52.3 Å². The summed E-state index contributed by atoms with van der Waals surface area (Å²) in [6.45, 7) is 5.81. The van der Waals surface area contributed by atoms with Crippen molar-refractivity contribution in [2.45, 2.75) is 26.7 Å². The lowest BCUT2D eigenvalue weighted by molar-refractivity contribution is 0.0524. The van der Waals surface area contributed by atoms with E-state index >= 15 is 0 Å². The van der Waals surface area contributed by atoms with Crippen molar-refractivity contribution in [2.75, 3.05) is 6.61 Å². The fourth-order valence-electron chi connectivity index (χ4n) is 1.99. The van der Waals surface area contributed by atoms with Gasteiger partial charge in [-0.2, -0.15) is 0 Å². The molecule has 21 heavy (non-hydrogen) atoms. The summed E-state index contributed by atoms with van der Waals surface area (Å²) in [7, 11) is 0. The molecule has 0 bridgehead atoms. The van der Waals surface area contributed by atoms with Crippen molar-refractivity contribution in [1.82, 2.24) is 5.16 Å². The molecule has 0 saturated heterocycles. The predicted octanol–water partition coefficient (Wildman–Crippen LogP) is 4.95.